The van der Waals surface area contributed by atoms with Crippen molar-refractivity contribution in [2.75, 3.05) is 0 Å². The molecule has 1 N–H and O–H groups in total. The Kier molecular flexibility index (Phi) is 2.71. The van der Waals surface area contributed by atoms with Gasteiger partial charge in [0, 0.05) is 6.20 Å². The summed E-state index contributed by atoms with van der Waals surface area (Å²) in [5.74, 6) is 0.625. The molecule has 7 heteroatoms. The molecule has 0 unspecified atom stereocenters. The number of nitrogens with zero attached hydrogens (tertiary/aromatic N) is 3. The van der Waals surface area contributed by atoms with E-state index in [1.807, 2.05) is 17.6 Å². The standard InChI is InChI=1S/C10H7IN4OS/c11-6-3-12-15(4-6)5-8-13-7-1-2-17-9(7)10(16)14-8/h1-4H,5H2,(H,13,14,16). The molecule has 0 radical (unpaired) electrons. The van der Waals surface area contributed by atoms with Crippen LogP contribution in [0.1, 0.15) is 5.82 Å². The van der Waals surface area contributed by atoms with E-state index in [0.29, 0.717) is 17.1 Å². The molecule has 0 aliphatic rings. The summed E-state index contributed by atoms with van der Waals surface area (Å²) in [5.41, 5.74) is 0.664. The zero-order chi connectivity index (χ0) is 11.8. The molecular formula is C10H7IN4OS. The molecule has 5 nitrogen and oxygen atoms in total. The number of fused-ring (bicyclic) bond motifs is 1. The number of hydrogen-bond donors (Lipinski definition) is 1. The minimum Gasteiger partial charge on any atom is -0.308 e. The van der Waals surface area contributed by atoms with Crippen LogP contribution < -0.4 is 5.56 Å². The summed E-state index contributed by atoms with van der Waals surface area (Å²) >= 11 is 3.59. The number of H-pyrrole nitrogens is 1. The summed E-state index contributed by atoms with van der Waals surface area (Å²) in [6.07, 6.45) is 3.67. The van der Waals surface area contributed by atoms with Crippen LogP contribution in [0.25, 0.3) is 10.2 Å². The smallest absolute Gasteiger partial charge is 0.268 e. The Morgan fingerprint density at radius 2 is 2.41 bits per heavy atom. The van der Waals surface area contributed by atoms with Crippen LogP contribution in [0, 0.1) is 3.57 Å². The van der Waals surface area contributed by atoms with Gasteiger partial charge < -0.3 is 4.98 Å². The van der Waals surface area contributed by atoms with Crippen molar-refractivity contribution < 1.29 is 0 Å². The Labute approximate surface area is 114 Å². The van der Waals surface area contributed by atoms with Gasteiger partial charge in [-0.15, -0.1) is 11.3 Å². The van der Waals surface area contributed by atoms with Gasteiger partial charge in [0.2, 0.25) is 0 Å². The third-order valence-electron chi connectivity index (χ3n) is 2.28. The molecule has 3 rings (SSSR count). The number of nitrogens with one attached hydrogen (secondary N) is 1. The average molecular weight is 358 g/mol. The highest BCUT2D eigenvalue weighted by Gasteiger charge is 2.05. The highest BCUT2D eigenvalue weighted by molar-refractivity contribution is 14.1. The van der Waals surface area contributed by atoms with E-state index < -0.39 is 0 Å². The molecule has 0 bridgehead atoms. The Hall–Kier alpha value is -1.22. The lowest BCUT2D eigenvalue weighted by Crippen LogP contribution is -2.13. The predicted molar refractivity (Wildman–Crippen MR) is 74.3 cm³/mol. The monoisotopic (exact) mass is 358 g/mol. The molecule has 0 aliphatic carbocycles. The first kappa shape index (κ1) is 10.9. The first-order chi connectivity index (χ1) is 8.22. The molecule has 17 heavy (non-hydrogen) atoms. The van der Waals surface area contributed by atoms with Crippen molar-refractivity contribution in [2.45, 2.75) is 6.54 Å². The van der Waals surface area contributed by atoms with Gasteiger partial charge in [-0.1, -0.05) is 0 Å². The lowest BCUT2D eigenvalue weighted by Gasteiger charge is -2.00. The van der Waals surface area contributed by atoms with E-state index in [0.717, 1.165) is 9.09 Å². The molecule has 0 amide bonds. The summed E-state index contributed by atoms with van der Waals surface area (Å²) in [6, 6.07) is 1.85. The Balaban J connectivity index is 2.03. The van der Waals surface area contributed by atoms with Gasteiger partial charge in [-0.25, -0.2) is 4.98 Å². The highest BCUT2D eigenvalue weighted by Crippen LogP contribution is 2.13. The summed E-state index contributed by atoms with van der Waals surface area (Å²) in [4.78, 5) is 18.9. The molecule has 0 atom stereocenters. The van der Waals surface area contributed by atoms with Crippen LogP contribution >= 0.6 is 33.9 Å². The summed E-state index contributed by atoms with van der Waals surface area (Å²) in [6.45, 7) is 0.476. The fourth-order valence-electron chi connectivity index (χ4n) is 1.57. The van der Waals surface area contributed by atoms with Crippen molar-refractivity contribution in [1.82, 2.24) is 19.7 Å². The van der Waals surface area contributed by atoms with Crippen molar-refractivity contribution in [2.24, 2.45) is 0 Å². The molecule has 0 fully saturated rings. The van der Waals surface area contributed by atoms with Crippen LogP contribution in [0.5, 0.6) is 0 Å². The number of halogens is 1. The molecule has 0 saturated heterocycles. The largest absolute Gasteiger partial charge is 0.308 e. The van der Waals surface area contributed by atoms with Crippen molar-refractivity contribution in [3.05, 3.63) is 43.6 Å². The van der Waals surface area contributed by atoms with Crippen LogP contribution in [0.4, 0.5) is 0 Å². The van der Waals surface area contributed by atoms with Gasteiger partial charge in [-0.05, 0) is 34.0 Å². The van der Waals surface area contributed by atoms with E-state index in [4.69, 9.17) is 0 Å². The second kappa shape index (κ2) is 4.22. The molecule has 86 valence electrons. The number of rotatable bonds is 2. The molecule has 0 aromatic carbocycles. The summed E-state index contributed by atoms with van der Waals surface area (Å²) < 4.78 is 3.48. The fraction of sp³-hybridized carbons (Fsp3) is 0.100. The maximum atomic E-state index is 11.7. The van der Waals surface area contributed by atoms with Gasteiger partial charge in [0.15, 0.2) is 0 Å². The van der Waals surface area contributed by atoms with Gasteiger partial charge in [-0.2, -0.15) is 5.10 Å². The zero-order valence-corrected chi connectivity index (χ0v) is 11.5. The van der Waals surface area contributed by atoms with E-state index in [1.165, 1.54) is 11.3 Å². The molecule has 3 heterocycles. The summed E-state index contributed by atoms with van der Waals surface area (Å²) in [7, 11) is 0. The second-order valence-electron chi connectivity index (χ2n) is 3.50. The van der Waals surface area contributed by atoms with Crippen LogP contribution in [0.2, 0.25) is 0 Å². The number of aromatic nitrogens is 4. The third kappa shape index (κ3) is 2.12. The number of thiophene rings is 1. The van der Waals surface area contributed by atoms with Crippen LogP contribution in [-0.4, -0.2) is 19.7 Å². The predicted octanol–water partition coefficient (Wildman–Crippen LogP) is 1.83. The van der Waals surface area contributed by atoms with Crippen LogP contribution in [-0.2, 0) is 6.54 Å². The first-order valence-electron chi connectivity index (χ1n) is 4.87. The van der Waals surface area contributed by atoms with Crippen molar-refractivity contribution in [3.63, 3.8) is 0 Å². The molecule has 0 saturated carbocycles. The van der Waals surface area contributed by atoms with E-state index in [2.05, 4.69) is 37.7 Å². The van der Waals surface area contributed by atoms with Gasteiger partial charge in [0.05, 0.1) is 21.8 Å². The zero-order valence-electron chi connectivity index (χ0n) is 8.55. The quantitative estimate of drug-likeness (QED) is 0.711. The van der Waals surface area contributed by atoms with Gasteiger partial charge in [0.1, 0.15) is 10.5 Å². The highest BCUT2D eigenvalue weighted by atomic mass is 127. The average Bonchev–Trinajstić information content (AvgIpc) is 2.87. The molecule has 0 spiro atoms. The van der Waals surface area contributed by atoms with Gasteiger partial charge in [-0.3, -0.25) is 9.48 Å². The minimum atomic E-state index is -0.0816. The minimum absolute atomic E-state index is 0.0816. The molecular weight excluding hydrogens is 351 g/mol. The lowest BCUT2D eigenvalue weighted by atomic mass is 10.4. The second-order valence-corrected chi connectivity index (χ2v) is 5.67. The van der Waals surface area contributed by atoms with Crippen molar-refractivity contribution in [1.29, 1.82) is 0 Å². The first-order valence-corrected chi connectivity index (χ1v) is 6.82. The SMILES string of the molecule is O=c1[nH]c(Cn2cc(I)cn2)nc2ccsc12. The fourth-order valence-corrected chi connectivity index (χ4v) is 2.75. The van der Waals surface area contributed by atoms with Crippen LogP contribution in [0.3, 0.4) is 0 Å². The Morgan fingerprint density at radius 1 is 1.53 bits per heavy atom. The molecule has 0 aliphatic heterocycles. The lowest BCUT2D eigenvalue weighted by molar-refractivity contribution is 0.656. The van der Waals surface area contributed by atoms with Crippen LogP contribution in [0.15, 0.2) is 28.6 Å². The van der Waals surface area contributed by atoms with Gasteiger partial charge in [0.25, 0.3) is 5.56 Å². The van der Waals surface area contributed by atoms with Gasteiger partial charge >= 0.3 is 0 Å². The van der Waals surface area contributed by atoms with Crippen molar-refractivity contribution >= 4 is 44.1 Å². The van der Waals surface area contributed by atoms with E-state index >= 15 is 0 Å². The summed E-state index contributed by atoms with van der Waals surface area (Å²) in [5, 5.41) is 6.03. The molecule has 3 aromatic rings. The maximum absolute atomic E-state index is 11.7. The molecule has 3 aromatic heterocycles. The van der Waals surface area contributed by atoms with E-state index in [9.17, 15) is 4.79 Å². The van der Waals surface area contributed by atoms with E-state index in [1.54, 1.807) is 10.9 Å². The van der Waals surface area contributed by atoms with Crippen molar-refractivity contribution in [3.8, 4) is 0 Å². The Morgan fingerprint density at radius 3 is 3.18 bits per heavy atom. The van der Waals surface area contributed by atoms with E-state index in [-0.39, 0.29) is 5.56 Å². The topological polar surface area (TPSA) is 63.6 Å². The maximum Gasteiger partial charge on any atom is 0.268 e. The Bertz CT molecular complexity index is 729. The normalized spacial score (nSPS) is 11.1. The third-order valence-corrected chi connectivity index (χ3v) is 3.74. The number of aromatic amines is 1. The number of hydrogen-bond acceptors (Lipinski definition) is 4.